The van der Waals surface area contributed by atoms with E-state index in [1.54, 1.807) is 31.2 Å². The normalized spacial score (nSPS) is 13.4. The molecule has 0 aliphatic carbocycles. The van der Waals surface area contributed by atoms with Gasteiger partial charge in [0.25, 0.3) is 10.0 Å². The fourth-order valence-corrected chi connectivity index (χ4v) is 5.17. The van der Waals surface area contributed by atoms with E-state index in [1.165, 1.54) is 11.3 Å². The van der Waals surface area contributed by atoms with Crippen molar-refractivity contribution in [2.75, 3.05) is 0 Å². The second-order valence-electron chi connectivity index (χ2n) is 3.92. The van der Waals surface area contributed by atoms with Crippen molar-refractivity contribution in [2.45, 2.75) is 17.2 Å². The standard InChI is InChI=1S/C12H11BrClNO2S2/c1-8(9-4-2-3-5-10(9)14)15-19(16,17)12-7-6-11(13)18-12/h2-8,15H,1H3/t8-/m0/s1. The fraction of sp³-hybridized carbons (Fsp3) is 0.167. The average Bonchev–Trinajstić information content (AvgIpc) is 2.76. The fourth-order valence-electron chi connectivity index (χ4n) is 1.62. The van der Waals surface area contributed by atoms with Gasteiger partial charge >= 0.3 is 0 Å². The zero-order valence-electron chi connectivity index (χ0n) is 9.93. The molecule has 0 radical (unpaired) electrons. The van der Waals surface area contributed by atoms with Crippen molar-refractivity contribution >= 4 is 48.9 Å². The zero-order chi connectivity index (χ0) is 14.0. The molecular weight excluding hydrogens is 370 g/mol. The Morgan fingerprint density at radius 2 is 1.95 bits per heavy atom. The van der Waals surface area contributed by atoms with Crippen molar-refractivity contribution in [3.8, 4) is 0 Å². The van der Waals surface area contributed by atoms with Crippen LogP contribution in [0.2, 0.25) is 5.02 Å². The highest BCUT2D eigenvalue weighted by molar-refractivity contribution is 9.11. The molecule has 0 bridgehead atoms. The van der Waals surface area contributed by atoms with Crippen LogP contribution < -0.4 is 4.72 Å². The quantitative estimate of drug-likeness (QED) is 0.864. The lowest BCUT2D eigenvalue weighted by Gasteiger charge is -2.15. The predicted octanol–water partition coefficient (Wildman–Crippen LogP) is 4.20. The van der Waals surface area contributed by atoms with E-state index in [4.69, 9.17) is 11.6 Å². The molecule has 0 saturated heterocycles. The molecule has 3 nitrogen and oxygen atoms in total. The minimum absolute atomic E-state index is 0.276. The van der Waals surface area contributed by atoms with Gasteiger partial charge in [-0.2, -0.15) is 0 Å². The highest BCUT2D eigenvalue weighted by atomic mass is 79.9. The number of hydrogen-bond acceptors (Lipinski definition) is 3. The highest BCUT2D eigenvalue weighted by Gasteiger charge is 2.21. The summed E-state index contributed by atoms with van der Waals surface area (Å²) in [5.74, 6) is 0. The molecule has 7 heteroatoms. The number of thiophene rings is 1. The van der Waals surface area contributed by atoms with Crippen LogP contribution in [0.1, 0.15) is 18.5 Å². The maximum absolute atomic E-state index is 12.2. The van der Waals surface area contributed by atoms with Gasteiger partial charge < -0.3 is 0 Å². The largest absolute Gasteiger partial charge is 0.250 e. The molecule has 19 heavy (non-hydrogen) atoms. The number of hydrogen-bond donors (Lipinski definition) is 1. The smallest absolute Gasteiger partial charge is 0.206 e. The molecule has 2 rings (SSSR count). The summed E-state index contributed by atoms with van der Waals surface area (Å²) in [6.07, 6.45) is 0. The van der Waals surface area contributed by atoms with E-state index in [9.17, 15) is 8.42 Å². The van der Waals surface area contributed by atoms with E-state index in [0.717, 1.165) is 9.35 Å². The number of halogens is 2. The van der Waals surface area contributed by atoms with Crippen LogP contribution >= 0.6 is 38.9 Å². The zero-order valence-corrected chi connectivity index (χ0v) is 13.9. The summed E-state index contributed by atoms with van der Waals surface area (Å²) in [4.78, 5) is 0. The van der Waals surface area contributed by atoms with Crippen LogP contribution in [0.25, 0.3) is 0 Å². The van der Waals surface area contributed by atoms with Gasteiger partial charge in [-0.3, -0.25) is 0 Å². The molecule has 1 N–H and O–H groups in total. The Balaban J connectivity index is 2.24. The monoisotopic (exact) mass is 379 g/mol. The van der Waals surface area contributed by atoms with Gasteiger partial charge in [-0.05, 0) is 46.6 Å². The van der Waals surface area contributed by atoms with E-state index in [1.807, 2.05) is 12.1 Å². The summed E-state index contributed by atoms with van der Waals surface area (Å²) < 4.78 is 28.0. The summed E-state index contributed by atoms with van der Waals surface area (Å²) in [7, 11) is -3.52. The van der Waals surface area contributed by atoms with Gasteiger partial charge in [0.05, 0.1) is 3.79 Å². The van der Waals surface area contributed by atoms with E-state index in [-0.39, 0.29) is 10.3 Å². The molecule has 1 atom stereocenters. The second kappa shape index (κ2) is 5.93. The Hall–Kier alpha value is -0.400. The third-order valence-electron chi connectivity index (χ3n) is 2.52. The van der Waals surface area contributed by atoms with E-state index >= 15 is 0 Å². The Morgan fingerprint density at radius 3 is 2.53 bits per heavy atom. The summed E-state index contributed by atoms with van der Waals surface area (Å²) in [6, 6.07) is 10.1. The molecule has 0 amide bonds. The van der Waals surface area contributed by atoms with Gasteiger partial charge in [0.15, 0.2) is 0 Å². The van der Waals surface area contributed by atoms with Gasteiger partial charge in [0.2, 0.25) is 0 Å². The first-order valence-electron chi connectivity index (χ1n) is 5.42. The van der Waals surface area contributed by atoms with Crippen LogP contribution in [0.5, 0.6) is 0 Å². The Kier molecular flexibility index (Phi) is 4.68. The van der Waals surface area contributed by atoms with Crippen LogP contribution in [0.4, 0.5) is 0 Å². The Morgan fingerprint density at radius 1 is 1.26 bits per heavy atom. The van der Waals surface area contributed by atoms with Crippen molar-refractivity contribution in [3.05, 3.63) is 50.8 Å². The SMILES string of the molecule is C[C@H](NS(=O)(=O)c1ccc(Br)s1)c1ccccc1Cl. The van der Waals surface area contributed by atoms with Gasteiger partial charge in [-0.25, -0.2) is 13.1 Å². The highest BCUT2D eigenvalue weighted by Crippen LogP contribution is 2.28. The summed E-state index contributed by atoms with van der Waals surface area (Å²) >= 11 is 10.5. The van der Waals surface area contributed by atoms with Crippen LogP contribution in [0.15, 0.2) is 44.4 Å². The minimum Gasteiger partial charge on any atom is -0.206 e. The molecule has 1 heterocycles. The first-order chi connectivity index (χ1) is 8.90. The number of nitrogens with one attached hydrogen (secondary N) is 1. The molecule has 1 aromatic heterocycles. The summed E-state index contributed by atoms with van der Waals surface area (Å²) in [5, 5.41) is 0.546. The van der Waals surface area contributed by atoms with Crippen molar-refractivity contribution in [1.82, 2.24) is 4.72 Å². The predicted molar refractivity (Wildman–Crippen MR) is 82.2 cm³/mol. The molecule has 0 unspecified atom stereocenters. The van der Waals surface area contributed by atoms with Crippen molar-refractivity contribution in [1.29, 1.82) is 0 Å². The van der Waals surface area contributed by atoms with Crippen LogP contribution in [-0.2, 0) is 10.0 Å². The first kappa shape index (κ1) is 15.0. The summed E-state index contributed by atoms with van der Waals surface area (Å²) in [5.41, 5.74) is 0.753. The van der Waals surface area contributed by atoms with Crippen molar-refractivity contribution in [3.63, 3.8) is 0 Å². The second-order valence-corrected chi connectivity index (χ2v) is 8.73. The molecule has 2 aromatic rings. The topological polar surface area (TPSA) is 46.2 Å². The third kappa shape index (κ3) is 3.58. The molecule has 0 aliphatic rings. The molecule has 0 saturated carbocycles. The first-order valence-corrected chi connectivity index (χ1v) is 8.89. The molecule has 0 aliphatic heterocycles. The van der Waals surface area contributed by atoms with Crippen LogP contribution in [-0.4, -0.2) is 8.42 Å². The number of rotatable bonds is 4. The molecular formula is C12H11BrClNO2S2. The Bertz CT molecular complexity index is 685. The van der Waals surface area contributed by atoms with Crippen LogP contribution in [0, 0.1) is 0 Å². The number of benzene rings is 1. The van der Waals surface area contributed by atoms with E-state index < -0.39 is 10.0 Å². The lowest BCUT2D eigenvalue weighted by atomic mass is 10.1. The number of sulfonamides is 1. The molecule has 0 fully saturated rings. The van der Waals surface area contributed by atoms with E-state index in [2.05, 4.69) is 20.7 Å². The van der Waals surface area contributed by atoms with E-state index in [0.29, 0.717) is 5.02 Å². The van der Waals surface area contributed by atoms with Crippen molar-refractivity contribution < 1.29 is 8.42 Å². The maximum Gasteiger partial charge on any atom is 0.250 e. The lowest BCUT2D eigenvalue weighted by Crippen LogP contribution is -2.26. The lowest BCUT2D eigenvalue weighted by molar-refractivity contribution is 0.569. The van der Waals surface area contributed by atoms with Gasteiger partial charge in [-0.1, -0.05) is 29.8 Å². The van der Waals surface area contributed by atoms with Crippen LogP contribution in [0.3, 0.4) is 0 Å². The average molecular weight is 381 g/mol. The maximum atomic E-state index is 12.2. The van der Waals surface area contributed by atoms with Gasteiger partial charge in [-0.15, -0.1) is 11.3 Å². The van der Waals surface area contributed by atoms with Gasteiger partial charge in [0, 0.05) is 11.1 Å². The third-order valence-corrected chi connectivity index (χ3v) is 6.52. The molecule has 0 spiro atoms. The summed E-state index contributed by atoms with van der Waals surface area (Å²) in [6.45, 7) is 1.77. The van der Waals surface area contributed by atoms with Gasteiger partial charge in [0.1, 0.15) is 4.21 Å². The van der Waals surface area contributed by atoms with Crippen molar-refractivity contribution in [2.24, 2.45) is 0 Å². The molecule has 102 valence electrons. The molecule has 1 aromatic carbocycles. The minimum atomic E-state index is -3.52. The Labute approximate surface area is 129 Å².